The van der Waals surface area contributed by atoms with Gasteiger partial charge in [-0.1, -0.05) is 28.1 Å². The molecule has 1 unspecified atom stereocenters. The zero-order valence-corrected chi connectivity index (χ0v) is 11.2. The number of ether oxygens (including phenoxy) is 1. The van der Waals surface area contributed by atoms with Gasteiger partial charge in [-0.25, -0.2) is 0 Å². The lowest BCUT2D eigenvalue weighted by molar-refractivity contribution is 0.114. The summed E-state index contributed by atoms with van der Waals surface area (Å²) in [5.41, 5.74) is 1.17. The second-order valence-electron chi connectivity index (χ2n) is 3.83. The number of benzene rings is 1. The Hall–Kier alpha value is -0.380. The van der Waals surface area contributed by atoms with E-state index in [1.54, 1.807) is 0 Å². The highest BCUT2D eigenvalue weighted by Crippen LogP contribution is 2.14. The zero-order valence-electron chi connectivity index (χ0n) is 9.66. The third kappa shape index (κ3) is 5.64. The third-order valence-corrected chi connectivity index (χ3v) is 2.88. The van der Waals surface area contributed by atoms with Gasteiger partial charge in [0, 0.05) is 17.7 Å². The van der Waals surface area contributed by atoms with Crippen molar-refractivity contribution in [2.24, 2.45) is 0 Å². The number of aliphatic hydroxyl groups is 1. The maximum Gasteiger partial charge on any atom is 0.0581 e. The quantitative estimate of drug-likeness (QED) is 0.781. The molecule has 2 nitrogen and oxygen atoms in total. The summed E-state index contributed by atoms with van der Waals surface area (Å²) in [7, 11) is 0. The van der Waals surface area contributed by atoms with Crippen molar-refractivity contribution >= 4 is 15.9 Å². The number of halogens is 1. The summed E-state index contributed by atoms with van der Waals surface area (Å²) in [6.07, 6.45) is 2.16. The zero-order chi connectivity index (χ0) is 11.8. The molecule has 0 heterocycles. The van der Waals surface area contributed by atoms with Gasteiger partial charge in [0.25, 0.3) is 0 Å². The summed E-state index contributed by atoms with van der Waals surface area (Å²) in [5.74, 6) is 0. The molecule has 1 aromatic rings. The fourth-order valence-corrected chi connectivity index (χ4v) is 2.05. The van der Waals surface area contributed by atoms with E-state index >= 15 is 0 Å². The van der Waals surface area contributed by atoms with Gasteiger partial charge in [-0.3, -0.25) is 0 Å². The van der Waals surface area contributed by atoms with E-state index in [1.165, 1.54) is 5.56 Å². The highest BCUT2D eigenvalue weighted by atomic mass is 79.9. The lowest BCUT2D eigenvalue weighted by Gasteiger charge is -2.10. The SMILES string of the molecule is CCOCCCC(O)Cc1cccc(Br)c1. The first-order chi connectivity index (χ1) is 7.72. The smallest absolute Gasteiger partial charge is 0.0581 e. The molecule has 0 saturated heterocycles. The molecule has 0 spiro atoms. The van der Waals surface area contributed by atoms with E-state index in [4.69, 9.17) is 4.74 Å². The summed E-state index contributed by atoms with van der Waals surface area (Å²) in [4.78, 5) is 0. The normalized spacial score (nSPS) is 12.7. The Balaban J connectivity index is 2.25. The lowest BCUT2D eigenvalue weighted by Crippen LogP contribution is -2.11. The molecule has 0 radical (unpaired) electrons. The van der Waals surface area contributed by atoms with Crippen LogP contribution < -0.4 is 0 Å². The van der Waals surface area contributed by atoms with Crippen molar-refractivity contribution in [1.82, 2.24) is 0 Å². The van der Waals surface area contributed by atoms with Crippen LogP contribution in [0.1, 0.15) is 25.3 Å². The van der Waals surface area contributed by atoms with E-state index in [0.29, 0.717) is 6.42 Å². The first kappa shape index (κ1) is 13.7. The molecular weight excluding hydrogens is 268 g/mol. The molecule has 3 heteroatoms. The minimum Gasteiger partial charge on any atom is -0.393 e. The Morgan fingerprint density at radius 1 is 1.44 bits per heavy atom. The van der Waals surface area contributed by atoms with Crippen LogP contribution in [-0.2, 0) is 11.2 Å². The van der Waals surface area contributed by atoms with Crippen LogP contribution in [0.5, 0.6) is 0 Å². The van der Waals surface area contributed by atoms with Crippen LogP contribution in [0.3, 0.4) is 0 Å². The fourth-order valence-electron chi connectivity index (χ4n) is 1.60. The van der Waals surface area contributed by atoms with Crippen LogP contribution in [0, 0.1) is 0 Å². The van der Waals surface area contributed by atoms with Gasteiger partial charge in [0.2, 0.25) is 0 Å². The van der Waals surface area contributed by atoms with Crippen LogP contribution >= 0.6 is 15.9 Å². The number of rotatable bonds is 7. The second-order valence-corrected chi connectivity index (χ2v) is 4.74. The van der Waals surface area contributed by atoms with Crippen LogP contribution in [0.2, 0.25) is 0 Å². The van der Waals surface area contributed by atoms with E-state index < -0.39 is 0 Å². The molecule has 0 aromatic heterocycles. The standard InChI is InChI=1S/C13H19BrO2/c1-2-16-8-4-7-13(15)10-11-5-3-6-12(14)9-11/h3,5-6,9,13,15H,2,4,7-8,10H2,1H3. The Morgan fingerprint density at radius 2 is 2.25 bits per heavy atom. The Morgan fingerprint density at radius 3 is 2.94 bits per heavy atom. The predicted molar refractivity (Wildman–Crippen MR) is 69.6 cm³/mol. The number of hydrogen-bond donors (Lipinski definition) is 1. The predicted octanol–water partition coefficient (Wildman–Crippen LogP) is 3.17. The molecule has 0 amide bonds. The van der Waals surface area contributed by atoms with E-state index in [1.807, 2.05) is 31.2 Å². The van der Waals surface area contributed by atoms with Gasteiger partial charge in [0.1, 0.15) is 0 Å². The minimum atomic E-state index is -0.269. The van der Waals surface area contributed by atoms with Crippen LogP contribution in [0.25, 0.3) is 0 Å². The molecule has 1 N–H and O–H groups in total. The molecule has 0 aliphatic rings. The summed E-state index contributed by atoms with van der Waals surface area (Å²) in [6, 6.07) is 8.07. The first-order valence-electron chi connectivity index (χ1n) is 5.72. The van der Waals surface area contributed by atoms with E-state index in [9.17, 15) is 5.11 Å². The lowest BCUT2D eigenvalue weighted by atomic mass is 10.0. The molecule has 0 fully saturated rings. The largest absolute Gasteiger partial charge is 0.393 e. The van der Waals surface area contributed by atoms with Crippen molar-refractivity contribution in [3.63, 3.8) is 0 Å². The van der Waals surface area contributed by atoms with Gasteiger partial charge in [0.05, 0.1) is 6.10 Å². The van der Waals surface area contributed by atoms with Crippen molar-refractivity contribution in [3.05, 3.63) is 34.3 Å². The van der Waals surface area contributed by atoms with Crippen molar-refractivity contribution in [2.75, 3.05) is 13.2 Å². The minimum absolute atomic E-state index is 0.269. The molecular formula is C13H19BrO2. The van der Waals surface area contributed by atoms with Crippen LogP contribution in [0.4, 0.5) is 0 Å². The molecule has 0 aliphatic carbocycles. The van der Waals surface area contributed by atoms with Crippen molar-refractivity contribution < 1.29 is 9.84 Å². The van der Waals surface area contributed by atoms with Crippen LogP contribution in [0.15, 0.2) is 28.7 Å². The van der Waals surface area contributed by atoms with Gasteiger partial charge in [0.15, 0.2) is 0 Å². The van der Waals surface area contributed by atoms with Gasteiger partial charge in [-0.05, 0) is 43.9 Å². The van der Waals surface area contributed by atoms with Gasteiger partial charge in [-0.2, -0.15) is 0 Å². The van der Waals surface area contributed by atoms with Crippen molar-refractivity contribution in [2.45, 2.75) is 32.3 Å². The fraction of sp³-hybridized carbons (Fsp3) is 0.538. The highest BCUT2D eigenvalue weighted by Gasteiger charge is 2.05. The van der Waals surface area contributed by atoms with Crippen molar-refractivity contribution in [1.29, 1.82) is 0 Å². The maximum absolute atomic E-state index is 9.82. The Bertz CT molecular complexity index is 302. The van der Waals surface area contributed by atoms with Crippen molar-refractivity contribution in [3.8, 4) is 0 Å². The van der Waals surface area contributed by atoms with Gasteiger partial charge < -0.3 is 9.84 Å². The molecule has 90 valence electrons. The van der Waals surface area contributed by atoms with E-state index in [-0.39, 0.29) is 6.10 Å². The molecule has 1 rings (SSSR count). The summed E-state index contributed by atoms with van der Waals surface area (Å²) >= 11 is 3.42. The summed E-state index contributed by atoms with van der Waals surface area (Å²) in [6.45, 7) is 3.48. The monoisotopic (exact) mass is 286 g/mol. The number of hydrogen-bond acceptors (Lipinski definition) is 2. The molecule has 0 saturated carbocycles. The third-order valence-electron chi connectivity index (χ3n) is 2.39. The Kier molecular flexibility index (Phi) is 6.69. The van der Waals surface area contributed by atoms with E-state index in [0.717, 1.165) is 30.5 Å². The van der Waals surface area contributed by atoms with E-state index in [2.05, 4.69) is 15.9 Å². The molecule has 1 atom stereocenters. The average Bonchev–Trinajstić information content (AvgIpc) is 2.24. The molecule has 0 bridgehead atoms. The summed E-state index contributed by atoms with van der Waals surface area (Å²) in [5, 5.41) is 9.82. The first-order valence-corrected chi connectivity index (χ1v) is 6.52. The average molecular weight is 287 g/mol. The number of aliphatic hydroxyl groups excluding tert-OH is 1. The topological polar surface area (TPSA) is 29.5 Å². The second kappa shape index (κ2) is 7.82. The molecule has 16 heavy (non-hydrogen) atoms. The van der Waals surface area contributed by atoms with Gasteiger partial charge >= 0.3 is 0 Å². The highest BCUT2D eigenvalue weighted by molar-refractivity contribution is 9.10. The van der Waals surface area contributed by atoms with Gasteiger partial charge in [-0.15, -0.1) is 0 Å². The molecule has 1 aromatic carbocycles. The van der Waals surface area contributed by atoms with Crippen LogP contribution in [-0.4, -0.2) is 24.4 Å². The molecule has 0 aliphatic heterocycles. The maximum atomic E-state index is 9.82. The summed E-state index contributed by atoms with van der Waals surface area (Å²) < 4.78 is 6.30. The Labute approximate surface area is 106 Å².